The zero-order chi connectivity index (χ0) is 24.5. The van der Waals surface area contributed by atoms with Crippen molar-refractivity contribution in [2.45, 2.75) is 13.1 Å². The van der Waals surface area contributed by atoms with Crippen molar-refractivity contribution in [3.05, 3.63) is 81.8 Å². The molecule has 0 bridgehead atoms. The minimum atomic E-state index is -4.62. The van der Waals surface area contributed by atoms with Gasteiger partial charge < -0.3 is 5.32 Å². The maximum atomic E-state index is 14.3. The summed E-state index contributed by atoms with van der Waals surface area (Å²) >= 11 is 6.85. The van der Waals surface area contributed by atoms with Crippen LogP contribution in [0.3, 0.4) is 0 Å². The minimum absolute atomic E-state index is 0.0342. The van der Waals surface area contributed by atoms with Gasteiger partial charge in [0, 0.05) is 27.8 Å². The smallest absolute Gasteiger partial charge is 0.340 e. The lowest BCUT2D eigenvalue weighted by molar-refractivity contribution is -0.137. The van der Waals surface area contributed by atoms with Crippen molar-refractivity contribution in [1.82, 2.24) is 15.0 Å². The number of hydrogen-bond acceptors (Lipinski definition) is 6. The van der Waals surface area contributed by atoms with Crippen molar-refractivity contribution in [3.8, 4) is 11.3 Å². The van der Waals surface area contributed by atoms with E-state index in [0.29, 0.717) is 34.1 Å². The lowest BCUT2D eigenvalue weighted by Crippen LogP contribution is -2.11. The molecule has 12 heteroatoms. The number of amides is 1. The normalized spacial score (nSPS) is 11.4. The molecule has 0 atom stereocenters. The van der Waals surface area contributed by atoms with Crippen molar-refractivity contribution in [1.29, 1.82) is 0 Å². The predicted molar refractivity (Wildman–Crippen MR) is 122 cm³/mol. The summed E-state index contributed by atoms with van der Waals surface area (Å²) in [5, 5.41) is 6.02. The Labute approximate surface area is 199 Å². The van der Waals surface area contributed by atoms with Gasteiger partial charge in [0.1, 0.15) is 23.1 Å². The molecule has 0 aliphatic rings. The van der Waals surface area contributed by atoms with Gasteiger partial charge in [-0.1, -0.05) is 11.6 Å². The van der Waals surface area contributed by atoms with Crippen molar-refractivity contribution in [2.24, 2.45) is 0 Å². The zero-order valence-electron chi connectivity index (χ0n) is 17.2. The highest BCUT2D eigenvalue weighted by Gasteiger charge is 2.31. The summed E-state index contributed by atoms with van der Waals surface area (Å²) in [5.74, 6) is -0.849. The summed E-state index contributed by atoms with van der Waals surface area (Å²) in [6.07, 6.45) is -3.31. The number of alkyl halides is 3. The van der Waals surface area contributed by atoms with Crippen molar-refractivity contribution >= 4 is 45.5 Å². The topological polar surface area (TPSA) is 79.8 Å². The van der Waals surface area contributed by atoms with E-state index in [2.05, 4.69) is 25.6 Å². The van der Waals surface area contributed by atoms with Crippen LogP contribution in [-0.2, 0) is 6.18 Å². The molecule has 4 rings (SSSR count). The first-order valence-corrected chi connectivity index (χ1v) is 10.8. The highest BCUT2D eigenvalue weighted by molar-refractivity contribution is 7.16. The van der Waals surface area contributed by atoms with Crippen molar-refractivity contribution in [3.63, 3.8) is 0 Å². The fourth-order valence-electron chi connectivity index (χ4n) is 3.01. The number of halogens is 5. The van der Waals surface area contributed by atoms with Gasteiger partial charge in [-0.2, -0.15) is 13.2 Å². The van der Waals surface area contributed by atoms with Gasteiger partial charge in [-0.15, -0.1) is 11.3 Å². The first-order chi connectivity index (χ1) is 16.1. The van der Waals surface area contributed by atoms with Crippen molar-refractivity contribution in [2.75, 3.05) is 10.6 Å². The molecular weight excluding hydrogens is 494 g/mol. The average Bonchev–Trinajstić information content (AvgIpc) is 3.13. The number of rotatable bonds is 5. The fraction of sp³-hybridized carbons (Fsp3) is 0.0909. The van der Waals surface area contributed by atoms with Gasteiger partial charge in [-0.05, 0) is 49.4 Å². The third-order valence-electron chi connectivity index (χ3n) is 4.62. The lowest BCUT2D eigenvalue weighted by Gasteiger charge is -2.09. The molecule has 0 fully saturated rings. The van der Waals surface area contributed by atoms with E-state index in [9.17, 15) is 22.4 Å². The number of anilines is 3. The third kappa shape index (κ3) is 5.32. The monoisotopic (exact) mass is 507 g/mol. The van der Waals surface area contributed by atoms with Gasteiger partial charge in [0.05, 0.1) is 11.3 Å². The molecule has 174 valence electrons. The number of hydrogen-bond donors (Lipinski definition) is 2. The molecule has 2 aromatic carbocycles. The molecule has 0 aliphatic carbocycles. The molecule has 0 saturated carbocycles. The SMILES string of the molecule is Cc1sc(NC(=O)c2ccc(Nc3cc(Cl)ncn3)cc2)nc1-c1cc(C(F)(F)F)ccc1F. The van der Waals surface area contributed by atoms with E-state index >= 15 is 0 Å². The minimum Gasteiger partial charge on any atom is -0.340 e. The van der Waals surface area contributed by atoms with Gasteiger partial charge >= 0.3 is 6.18 Å². The Morgan fingerprint density at radius 1 is 1.06 bits per heavy atom. The van der Waals surface area contributed by atoms with E-state index in [1.807, 2.05) is 0 Å². The molecule has 0 radical (unpaired) electrons. The summed E-state index contributed by atoms with van der Waals surface area (Å²) in [6.45, 7) is 1.59. The van der Waals surface area contributed by atoms with Crippen LogP contribution in [0.1, 0.15) is 20.8 Å². The Kier molecular flexibility index (Phi) is 6.49. The quantitative estimate of drug-likeness (QED) is 0.232. The zero-order valence-corrected chi connectivity index (χ0v) is 18.8. The Hall–Kier alpha value is -3.57. The summed E-state index contributed by atoms with van der Waals surface area (Å²) in [4.78, 5) is 25.0. The molecule has 0 saturated heterocycles. The van der Waals surface area contributed by atoms with Crippen LogP contribution in [0, 0.1) is 12.7 Å². The first-order valence-electron chi connectivity index (χ1n) is 9.60. The summed E-state index contributed by atoms with van der Waals surface area (Å²) < 4.78 is 53.4. The number of benzene rings is 2. The molecule has 2 aromatic heterocycles. The van der Waals surface area contributed by atoms with Crippen molar-refractivity contribution < 1.29 is 22.4 Å². The maximum absolute atomic E-state index is 14.3. The Bertz CT molecular complexity index is 1360. The van der Waals surface area contributed by atoms with Crippen LogP contribution in [0.25, 0.3) is 11.3 Å². The summed E-state index contributed by atoms with van der Waals surface area (Å²) in [7, 11) is 0. The molecule has 1 amide bonds. The van der Waals surface area contributed by atoms with Crippen LogP contribution in [0.2, 0.25) is 5.15 Å². The van der Waals surface area contributed by atoms with Crippen LogP contribution in [0.15, 0.2) is 54.9 Å². The van der Waals surface area contributed by atoms with E-state index < -0.39 is 23.5 Å². The predicted octanol–water partition coefficient (Wildman–Crippen LogP) is 6.72. The van der Waals surface area contributed by atoms with Gasteiger partial charge in [0.25, 0.3) is 5.91 Å². The lowest BCUT2D eigenvalue weighted by atomic mass is 10.1. The van der Waals surface area contributed by atoms with Gasteiger partial charge in [0.2, 0.25) is 0 Å². The number of thiazole rings is 1. The van der Waals surface area contributed by atoms with Gasteiger partial charge in [-0.25, -0.2) is 19.3 Å². The van der Waals surface area contributed by atoms with Crippen LogP contribution in [0.5, 0.6) is 0 Å². The van der Waals surface area contributed by atoms with E-state index in [1.54, 1.807) is 31.2 Å². The highest BCUT2D eigenvalue weighted by Crippen LogP contribution is 2.36. The fourth-order valence-corrected chi connectivity index (χ4v) is 3.98. The first kappa shape index (κ1) is 23.6. The maximum Gasteiger partial charge on any atom is 0.416 e. The van der Waals surface area contributed by atoms with Gasteiger partial charge in [-0.3, -0.25) is 10.1 Å². The third-order valence-corrected chi connectivity index (χ3v) is 5.71. The highest BCUT2D eigenvalue weighted by atomic mass is 35.5. The molecule has 0 unspecified atom stereocenters. The molecule has 2 heterocycles. The van der Waals surface area contributed by atoms with E-state index in [4.69, 9.17) is 11.6 Å². The van der Waals surface area contributed by atoms with E-state index in [0.717, 1.165) is 17.4 Å². The van der Waals surface area contributed by atoms with Gasteiger partial charge in [0.15, 0.2) is 5.13 Å². The number of nitrogens with one attached hydrogen (secondary N) is 2. The molecule has 4 aromatic rings. The second-order valence-electron chi connectivity index (χ2n) is 7.00. The molecule has 34 heavy (non-hydrogen) atoms. The van der Waals surface area contributed by atoms with Crippen LogP contribution >= 0.6 is 22.9 Å². The number of aromatic nitrogens is 3. The number of nitrogens with zero attached hydrogens (tertiary/aromatic N) is 3. The average molecular weight is 508 g/mol. The summed E-state index contributed by atoms with van der Waals surface area (Å²) in [6, 6.07) is 10.1. The second-order valence-corrected chi connectivity index (χ2v) is 8.59. The number of aryl methyl sites for hydroxylation is 1. The second kappa shape index (κ2) is 9.35. The largest absolute Gasteiger partial charge is 0.416 e. The summed E-state index contributed by atoms with van der Waals surface area (Å²) in [5.41, 5.74) is -0.277. The molecular formula is C22H14ClF4N5OS. The van der Waals surface area contributed by atoms with E-state index in [1.165, 1.54) is 12.4 Å². The molecule has 0 spiro atoms. The number of carbonyl (C=O) groups is 1. The van der Waals surface area contributed by atoms with Crippen LogP contribution in [0.4, 0.5) is 34.2 Å². The molecule has 0 aliphatic heterocycles. The standard InChI is InChI=1S/C22H14ClF4N5OS/c1-11-19(15-8-13(22(25,26)27)4-7-16(15)24)31-21(34-11)32-20(33)12-2-5-14(6-3-12)30-18-9-17(23)28-10-29-18/h2-10H,1H3,(H,28,29,30)(H,31,32,33). The van der Waals surface area contributed by atoms with Crippen LogP contribution < -0.4 is 10.6 Å². The Morgan fingerprint density at radius 3 is 2.47 bits per heavy atom. The Balaban J connectivity index is 1.50. The van der Waals surface area contributed by atoms with E-state index in [-0.39, 0.29) is 21.5 Å². The Morgan fingerprint density at radius 2 is 1.79 bits per heavy atom. The van der Waals surface area contributed by atoms with Crippen LogP contribution in [-0.4, -0.2) is 20.9 Å². The number of carbonyl (C=O) groups excluding carboxylic acids is 1. The molecule has 6 nitrogen and oxygen atoms in total. The molecule has 2 N–H and O–H groups in total.